The standard InChI is InChI=1S/C14H21NO4S/c1-5-8-19-12-7-6-10(9-11(12)13(15)16)20(17,18)14(2,3)4/h6-7,9H,5,8H2,1-4H3,(H2,15,16). The first-order valence-electron chi connectivity index (χ1n) is 6.42. The fourth-order valence-electron chi connectivity index (χ4n) is 1.56. The zero-order valence-corrected chi connectivity index (χ0v) is 13.1. The Morgan fingerprint density at radius 1 is 1.30 bits per heavy atom. The van der Waals surface area contributed by atoms with E-state index in [4.69, 9.17) is 10.5 Å². The summed E-state index contributed by atoms with van der Waals surface area (Å²) in [5.74, 6) is -0.394. The molecule has 1 aromatic carbocycles. The lowest BCUT2D eigenvalue weighted by Crippen LogP contribution is -2.28. The molecule has 0 aliphatic carbocycles. The van der Waals surface area contributed by atoms with Gasteiger partial charge in [0.25, 0.3) is 5.91 Å². The molecule has 0 bridgehead atoms. The Kier molecular flexibility index (Phi) is 4.81. The summed E-state index contributed by atoms with van der Waals surface area (Å²) in [7, 11) is -3.53. The van der Waals surface area contributed by atoms with Crippen LogP contribution in [0.4, 0.5) is 0 Å². The molecule has 0 aromatic heterocycles. The van der Waals surface area contributed by atoms with Gasteiger partial charge in [-0.15, -0.1) is 0 Å². The Morgan fingerprint density at radius 3 is 2.35 bits per heavy atom. The molecule has 1 rings (SSSR count). The van der Waals surface area contributed by atoms with Gasteiger partial charge < -0.3 is 10.5 Å². The second-order valence-electron chi connectivity index (χ2n) is 5.49. The lowest BCUT2D eigenvalue weighted by atomic mass is 10.2. The minimum atomic E-state index is -3.53. The second-order valence-corrected chi connectivity index (χ2v) is 8.19. The van der Waals surface area contributed by atoms with E-state index in [1.807, 2.05) is 6.92 Å². The van der Waals surface area contributed by atoms with Crippen LogP contribution in [-0.2, 0) is 9.84 Å². The normalized spacial score (nSPS) is 12.2. The van der Waals surface area contributed by atoms with E-state index in [9.17, 15) is 13.2 Å². The predicted octanol–water partition coefficient (Wildman–Crippen LogP) is 2.15. The number of sulfone groups is 1. The van der Waals surface area contributed by atoms with Gasteiger partial charge in [0, 0.05) is 0 Å². The van der Waals surface area contributed by atoms with Crippen molar-refractivity contribution in [2.45, 2.75) is 43.8 Å². The fourth-order valence-corrected chi connectivity index (χ4v) is 2.79. The zero-order valence-electron chi connectivity index (χ0n) is 12.3. The zero-order chi connectivity index (χ0) is 15.6. The Hall–Kier alpha value is -1.56. The van der Waals surface area contributed by atoms with E-state index < -0.39 is 20.5 Å². The molecule has 1 aromatic rings. The molecule has 0 saturated carbocycles. The number of carbonyl (C=O) groups excluding carboxylic acids is 1. The molecular weight excluding hydrogens is 278 g/mol. The molecule has 0 saturated heterocycles. The second kappa shape index (κ2) is 5.83. The number of nitrogens with two attached hydrogens (primary N) is 1. The summed E-state index contributed by atoms with van der Waals surface area (Å²) in [4.78, 5) is 11.5. The third-order valence-electron chi connectivity index (χ3n) is 2.79. The van der Waals surface area contributed by atoms with Crippen LogP contribution in [0, 0.1) is 0 Å². The van der Waals surface area contributed by atoms with Crippen molar-refractivity contribution < 1.29 is 17.9 Å². The largest absolute Gasteiger partial charge is 0.493 e. The molecule has 0 aliphatic rings. The van der Waals surface area contributed by atoms with Crippen LogP contribution >= 0.6 is 0 Å². The maximum atomic E-state index is 12.4. The van der Waals surface area contributed by atoms with Crippen molar-refractivity contribution in [2.24, 2.45) is 5.73 Å². The van der Waals surface area contributed by atoms with E-state index >= 15 is 0 Å². The Labute approximate surface area is 120 Å². The highest BCUT2D eigenvalue weighted by molar-refractivity contribution is 7.92. The van der Waals surface area contributed by atoms with Gasteiger partial charge in [-0.05, 0) is 45.4 Å². The summed E-state index contributed by atoms with van der Waals surface area (Å²) < 4.78 is 29.2. The topological polar surface area (TPSA) is 86.5 Å². The van der Waals surface area contributed by atoms with Crippen molar-refractivity contribution in [2.75, 3.05) is 6.61 Å². The highest BCUT2D eigenvalue weighted by Crippen LogP contribution is 2.29. The third-order valence-corrected chi connectivity index (χ3v) is 5.28. The van der Waals surface area contributed by atoms with Crippen molar-refractivity contribution >= 4 is 15.7 Å². The van der Waals surface area contributed by atoms with E-state index in [0.29, 0.717) is 12.4 Å². The van der Waals surface area contributed by atoms with Gasteiger partial charge in [0.15, 0.2) is 9.84 Å². The molecule has 1 amide bonds. The summed E-state index contributed by atoms with van der Waals surface area (Å²) in [5, 5.41) is 0. The summed E-state index contributed by atoms with van der Waals surface area (Å²) in [6.45, 7) is 7.18. The van der Waals surface area contributed by atoms with Crippen LogP contribution in [0.3, 0.4) is 0 Å². The van der Waals surface area contributed by atoms with Crippen LogP contribution in [0.25, 0.3) is 0 Å². The number of hydrogen-bond donors (Lipinski definition) is 1. The number of amides is 1. The molecule has 0 radical (unpaired) electrons. The molecule has 0 fully saturated rings. The van der Waals surface area contributed by atoms with Crippen LogP contribution in [-0.4, -0.2) is 25.7 Å². The highest BCUT2D eigenvalue weighted by Gasteiger charge is 2.31. The summed E-state index contributed by atoms with van der Waals surface area (Å²) in [5.41, 5.74) is 5.38. The molecule has 0 heterocycles. The van der Waals surface area contributed by atoms with E-state index in [1.54, 1.807) is 20.8 Å². The van der Waals surface area contributed by atoms with Gasteiger partial charge in [-0.2, -0.15) is 0 Å². The average molecular weight is 299 g/mol. The summed E-state index contributed by atoms with van der Waals surface area (Å²) >= 11 is 0. The lowest BCUT2D eigenvalue weighted by molar-refractivity contribution is 0.0996. The van der Waals surface area contributed by atoms with Gasteiger partial charge in [-0.25, -0.2) is 8.42 Å². The molecule has 112 valence electrons. The molecule has 0 spiro atoms. The van der Waals surface area contributed by atoms with Gasteiger partial charge in [0.2, 0.25) is 0 Å². The number of rotatable bonds is 5. The van der Waals surface area contributed by atoms with Crippen LogP contribution in [0.2, 0.25) is 0 Å². The number of hydrogen-bond acceptors (Lipinski definition) is 4. The molecule has 2 N–H and O–H groups in total. The number of benzene rings is 1. The summed E-state index contributed by atoms with van der Waals surface area (Å²) in [6, 6.07) is 4.21. The first kappa shape index (κ1) is 16.5. The Balaban J connectivity index is 3.35. The minimum absolute atomic E-state index is 0.0719. The third kappa shape index (κ3) is 3.30. The van der Waals surface area contributed by atoms with Gasteiger partial charge in [0.05, 0.1) is 21.8 Å². The average Bonchev–Trinajstić information content (AvgIpc) is 2.34. The van der Waals surface area contributed by atoms with Crippen molar-refractivity contribution in [3.63, 3.8) is 0 Å². The van der Waals surface area contributed by atoms with Crippen LogP contribution in [0.1, 0.15) is 44.5 Å². The monoisotopic (exact) mass is 299 g/mol. The van der Waals surface area contributed by atoms with Gasteiger partial charge in [-0.3, -0.25) is 4.79 Å². The van der Waals surface area contributed by atoms with Crippen LogP contribution < -0.4 is 10.5 Å². The SMILES string of the molecule is CCCOc1ccc(S(=O)(=O)C(C)(C)C)cc1C(N)=O. The number of carbonyl (C=O) groups is 1. The predicted molar refractivity (Wildman–Crippen MR) is 77.7 cm³/mol. The quantitative estimate of drug-likeness (QED) is 0.902. The van der Waals surface area contributed by atoms with Gasteiger partial charge in [-0.1, -0.05) is 6.92 Å². The first-order chi connectivity index (χ1) is 9.11. The molecule has 0 atom stereocenters. The van der Waals surface area contributed by atoms with Crippen molar-refractivity contribution in [3.8, 4) is 5.75 Å². The van der Waals surface area contributed by atoms with Gasteiger partial charge >= 0.3 is 0 Å². The smallest absolute Gasteiger partial charge is 0.252 e. The van der Waals surface area contributed by atoms with Crippen molar-refractivity contribution in [1.29, 1.82) is 0 Å². The first-order valence-corrected chi connectivity index (χ1v) is 7.91. The maximum absolute atomic E-state index is 12.4. The maximum Gasteiger partial charge on any atom is 0.252 e. The van der Waals surface area contributed by atoms with E-state index in [0.717, 1.165) is 6.42 Å². The number of ether oxygens (including phenoxy) is 1. The molecular formula is C14H21NO4S. The van der Waals surface area contributed by atoms with Crippen LogP contribution in [0.15, 0.2) is 23.1 Å². The van der Waals surface area contributed by atoms with Crippen LogP contribution in [0.5, 0.6) is 5.75 Å². The highest BCUT2D eigenvalue weighted by atomic mass is 32.2. The Morgan fingerprint density at radius 2 is 1.90 bits per heavy atom. The van der Waals surface area contributed by atoms with Crippen molar-refractivity contribution in [1.82, 2.24) is 0 Å². The van der Waals surface area contributed by atoms with Crippen molar-refractivity contribution in [3.05, 3.63) is 23.8 Å². The fraction of sp³-hybridized carbons (Fsp3) is 0.500. The molecule has 6 heteroatoms. The molecule has 5 nitrogen and oxygen atoms in total. The van der Waals surface area contributed by atoms with E-state index in [-0.39, 0.29) is 10.5 Å². The minimum Gasteiger partial charge on any atom is -0.493 e. The lowest BCUT2D eigenvalue weighted by Gasteiger charge is -2.20. The molecule has 0 unspecified atom stereocenters. The molecule has 0 aliphatic heterocycles. The van der Waals surface area contributed by atoms with Gasteiger partial charge in [0.1, 0.15) is 5.75 Å². The summed E-state index contributed by atoms with van der Waals surface area (Å²) in [6.07, 6.45) is 0.778. The van der Waals surface area contributed by atoms with E-state index in [1.165, 1.54) is 18.2 Å². The molecule has 20 heavy (non-hydrogen) atoms. The Bertz CT molecular complexity index is 600. The number of primary amides is 1. The van der Waals surface area contributed by atoms with E-state index in [2.05, 4.69) is 0 Å².